The second kappa shape index (κ2) is 9.24. The van der Waals surface area contributed by atoms with E-state index in [0.717, 1.165) is 41.0 Å². The summed E-state index contributed by atoms with van der Waals surface area (Å²) in [6.45, 7) is 3.78. The summed E-state index contributed by atoms with van der Waals surface area (Å²) in [6.07, 6.45) is 0.921. The summed E-state index contributed by atoms with van der Waals surface area (Å²) in [6, 6.07) is 24.5. The van der Waals surface area contributed by atoms with E-state index >= 15 is 0 Å². The summed E-state index contributed by atoms with van der Waals surface area (Å²) in [4.78, 5) is 20.3. The number of esters is 1. The number of hydrogen-bond acceptors (Lipinski definition) is 7. The number of ether oxygens (including phenoxy) is 2. The van der Waals surface area contributed by atoms with Gasteiger partial charge in [-0.15, -0.1) is 0 Å². The zero-order chi connectivity index (χ0) is 24.8. The number of para-hydroxylation sites is 2. The lowest BCUT2D eigenvalue weighted by molar-refractivity contribution is -0.174. The standard InChI is InChI=1S/C29H29N2O5/c1-18-13-23(30(21-9-5-3-6-10-21)22-11-7-4-8-12-22)14-19(2)27(18)34-17-26(32)35-28-20-15-24-25(16-20)31(33)36-29(24)28/h3-14,20,24-25,28-29H,15-17H2,1-2H3/q-1. The Morgan fingerprint density at radius 2 is 1.58 bits per heavy atom. The topological polar surface area (TPSA) is 74.3 Å². The van der Waals surface area contributed by atoms with E-state index in [1.54, 1.807) is 0 Å². The molecule has 1 heterocycles. The molecule has 0 amide bonds. The van der Waals surface area contributed by atoms with Gasteiger partial charge < -0.3 is 24.4 Å². The first kappa shape index (κ1) is 23.0. The molecule has 3 aromatic carbocycles. The van der Waals surface area contributed by atoms with Crippen molar-refractivity contribution in [3.63, 3.8) is 0 Å². The Labute approximate surface area is 210 Å². The van der Waals surface area contributed by atoms with Crippen LogP contribution < -0.4 is 9.64 Å². The van der Waals surface area contributed by atoms with Crippen LogP contribution in [0.5, 0.6) is 5.75 Å². The minimum Gasteiger partial charge on any atom is -0.762 e. The van der Waals surface area contributed by atoms with Crippen molar-refractivity contribution in [1.82, 2.24) is 5.23 Å². The second-order valence-corrected chi connectivity index (χ2v) is 9.98. The highest BCUT2D eigenvalue weighted by Gasteiger charge is 2.60. The van der Waals surface area contributed by atoms with Gasteiger partial charge in [-0.1, -0.05) is 36.4 Å². The lowest BCUT2D eigenvalue weighted by atomic mass is 9.92. The number of benzene rings is 3. The minimum absolute atomic E-state index is 0.0821. The molecule has 3 aromatic rings. The van der Waals surface area contributed by atoms with Gasteiger partial charge in [0.05, 0.1) is 0 Å². The molecular formula is C29H29N2O5-. The number of fused-ring (bicyclic) bond motifs is 1. The Morgan fingerprint density at radius 3 is 2.19 bits per heavy atom. The number of nitrogens with zero attached hydrogens (tertiary/aromatic N) is 2. The first-order valence-electron chi connectivity index (χ1n) is 12.5. The van der Waals surface area contributed by atoms with Crippen LogP contribution in [-0.2, 0) is 14.4 Å². The van der Waals surface area contributed by atoms with Gasteiger partial charge in [-0.05, 0) is 74.2 Å². The smallest absolute Gasteiger partial charge is 0.344 e. The van der Waals surface area contributed by atoms with Crippen molar-refractivity contribution in [2.75, 3.05) is 11.5 Å². The fourth-order valence-corrected chi connectivity index (χ4v) is 6.17. The Balaban J connectivity index is 1.18. The maximum absolute atomic E-state index is 12.7. The summed E-state index contributed by atoms with van der Waals surface area (Å²) >= 11 is 0. The van der Waals surface area contributed by atoms with E-state index in [-0.39, 0.29) is 36.7 Å². The average Bonchev–Trinajstić information content (AvgIpc) is 3.51. The van der Waals surface area contributed by atoms with Crippen molar-refractivity contribution >= 4 is 23.0 Å². The van der Waals surface area contributed by atoms with Crippen LogP contribution in [0.2, 0.25) is 0 Å². The monoisotopic (exact) mass is 485 g/mol. The van der Waals surface area contributed by atoms with Crippen LogP contribution >= 0.6 is 0 Å². The van der Waals surface area contributed by atoms with E-state index in [1.807, 2.05) is 50.2 Å². The van der Waals surface area contributed by atoms with E-state index in [0.29, 0.717) is 11.0 Å². The molecule has 0 N–H and O–H groups in total. The molecule has 0 radical (unpaired) electrons. The molecule has 1 saturated heterocycles. The number of hydrogen-bond donors (Lipinski definition) is 0. The van der Waals surface area contributed by atoms with Gasteiger partial charge >= 0.3 is 5.97 Å². The van der Waals surface area contributed by atoms with Gasteiger partial charge in [0.25, 0.3) is 0 Å². The largest absolute Gasteiger partial charge is 0.762 e. The molecule has 7 nitrogen and oxygen atoms in total. The fourth-order valence-electron chi connectivity index (χ4n) is 6.17. The maximum Gasteiger partial charge on any atom is 0.344 e. The molecule has 2 saturated carbocycles. The molecule has 1 aliphatic heterocycles. The number of aryl methyl sites for hydroxylation is 2. The quantitative estimate of drug-likeness (QED) is 0.404. The number of carbonyl (C=O) groups is 1. The van der Waals surface area contributed by atoms with Crippen LogP contribution in [0.1, 0.15) is 24.0 Å². The molecule has 0 spiro atoms. The van der Waals surface area contributed by atoms with Crippen molar-refractivity contribution in [2.45, 2.75) is 44.9 Å². The molecule has 0 aromatic heterocycles. The van der Waals surface area contributed by atoms with E-state index in [4.69, 9.17) is 14.3 Å². The normalized spacial score (nSPS) is 26.2. The zero-order valence-corrected chi connectivity index (χ0v) is 20.4. The Hall–Kier alpha value is -3.39. The van der Waals surface area contributed by atoms with Crippen molar-refractivity contribution in [2.24, 2.45) is 11.8 Å². The number of rotatable bonds is 7. The predicted molar refractivity (Wildman–Crippen MR) is 136 cm³/mol. The highest BCUT2D eigenvalue weighted by molar-refractivity contribution is 5.78. The third-order valence-electron chi connectivity index (χ3n) is 7.65. The molecule has 186 valence electrons. The molecule has 5 unspecified atom stereocenters. The van der Waals surface area contributed by atoms with Crippen molar-refractivity contribution in [3.8, 4) is 5.75 Å². The van der Waals surface area contributed by atoms with Crippen LogP contribution in [0.15, 0.2) is 72.8 Å². The summed E-state index contributed by atoms with van der Waals surface area (Å²) in [5.74, 6) is 0.598. The van der Waals surface area contributed by atoms with E-state index in [1.165, 1.54) is 0 Å². The Bertz CT molecular complexity index is 1190. The minimum atomic E-state index is -0.435. The van der Waals surface area contributed by atoms with Crippen LogP contribution in [0.25, 0.3) is 0 Å². The first-order valence-corrected chi connectivity index (χ1v) is 12.5. The zero-order valence-electron chi connectivity index (χ0n) is 20.4. The molecule has 7 heteroatoms. The van der Waals surface area contributed by atoms with E-state index in [9.17, 15) is 10.0 Å². The predicted octanol–water partition coefficient (Wildman–Crippen LogP) is 5.59. The van der Waals surface area contributed by atoms with E-state index in [2.05, 4.69) is 41.3 Å². The average molecular weight is 486 g/mol. The molecule has 2 aliphatic carbocycles. The number of hydroxylamine groups is 2. The van der Waals surface area contributed by atoms with Gasteiger partial charge in [0.2, 0.25) is 0 Å². The lowest BCUT2D eigenvalue weighted by Gasteiger charge is -2.27. The molecule has 3 aliphatic rings. The van der Waals surface area contributed by atoms with Crippen LogP contribution in [0.3, 0.4) is 0 Å². The highest BCUT2D eigenvalue weighted by atomic mass is 16.9. The van der Waals surface area contributed by atoms with Gasteiger partial charge in [0.1, 0.15) is 18.0 Å². The van der Waals surface area contributed by atoms with Crippen LogP contribution in [-0.4, -0.2) is 36.1 Å². The number of carbonyl (C=O) groups excluding carboxylic acids is 1. The molecular weight excluding hydrogens is 456 g/mol. The molecule has 2 bridgehead atoms. The van der Waals surface area contributed by atoms with Gasteiger partial charge in [-0.2, -0.15) is 0 Å². The fraction of sp³-hybridized carbons (Fsp3) is 0.345. The number of anilines is 3. The summed E-state index contributed by atoms with van der Waals surface area (Å²) in [7, 11) is 0. The third kappa shape index (κ3) is 4.03. The molecule has 6 rings (SSSR count). The maximum atomic E-state index is 12.7. The van der Waals surface area contributed by atoms with Crippen LogP contribution in [0.4, 0.5) is 17.1 Å². The van der Waals surface area contributed by atoms with Crippen molar-refractivity contribution < 1.29 is 19.1 Å². The molecule has 5 atom stereocenters. The van der Waals surface area contributed by atoms with Crippen molar-refractivity contribution in [3.05, 3.63) is 89.1 Å². The summed E-state index contributed by atoms with van der Waals surface area (Å²) < 4.78 is 11.7. The van der Waals surface area contributed by atoms with Crippen molar-refractivity contribution in [1.29, 1.82) is 0 Å². The molecule has 36 heavy (non-hydrogen) atoms. The Morgan fingerprint density at radius 1 is 0.972 bits per heavy atom. The molecule has 3 fully saturated rings. The van der Waals surface area contributed by atoms with Crippen LogP contribution in [0, 0.1) is 30.9 Å². The van der Waals surface area contributed by atoms with Gasteiger partial charge in [0.15, 0.2) is 6.61 Å². The summed E-state index contributed by atoms with van der Waals surface area (Å²) in [5, 5.41) is 12.6. The SMILES string of the molecule is Cc1cc(N(c2ccccc2)c2ccccc2)cc(C)c1OCC(=O)OC1C2CC3C1ON([O-])C3C2. The van der Waals surface area contributed by atoms with Gasteiger partial charge in [-0.25, -0.2) is 4.79 Å². The Kier molecular flexibility index (Phi) is 5.91. The lowest BCUT2D eigenvalue weighted by Crippen LogP contribution is -2.38. The summed E-state index contributed by atoms with van der Waals surface area (Å²) in [5.41, 5.74) is 4.98. The van der Waals surface area contributed by atoms with Gasteiger partial charge in [-0.3, -0.25) is 5.23 Å². The van der Waals surface area contributed by atoms with E-state index < -0.39 is 5.97 Å². The van der Waals surface area contributed by atoms with Gasteiger partial charge in [0, 0.05) is 34.9 Å². The third-order valence-corrected chi connectivity index (χ3v) is 7.65. The highest BCUT2D eigenvalue weighted by Crippen LogP contribution is 2.53. The second-order valence-electron chi connectivity index (χ2n) is 9.98. The first-order chi connectivity index (χ1) is 17.5.